The molecule has 13 heavy (non-hydrogen) atoms. The Hall–Kier alpha value is -0.340. The Morgan fingerprint density at radius 3 is 2.54 bits per heavy atom. The maximum Gasteiger partial charge on any atom is 0.0107 e. The van der Waals surface area contributed by atoms with Crippen LogP contribution in [0.1, 0.15) is 32.1 Å². The van der Waals surface area contributed by atoms with Crippen molar-refractivity contribution in [2.75, 3.05) is 13.1 Å². The Kier molecular flexibility index (Phi) is 3.39. The first-order valence-corrected chi connectivity index (χ1v) is 5.57. The number of nitrogens with one attached hydrogen (secondary N) is 2. The first-order chi connectivity index (χ1) is 6.45. The summed E-state index contributed by atoms with van der Waals surface area (Å²) in [5.74, 6) is 0. The molecule has 1 heterocycles. The van der Waals surface area contributed by atoms with Crippen LogP contribution in [0.5, 0.6) is 0 Å². The molecule has 0 amide bonds. The Morgan fingerprint density at radius 2 is 1.85 bits per heavy atom. The van der Waals surface area contributed by atoms with Crippen molar-refractivity contribution in [2.24, 2.45) is 0 Å². The molecular formula is C11H20N2. The molecule has 0 aromatic carbocycles. The van der Waals surface area contributed by atoms with Crippen LogP contribution in [-0.4, -0.2) is 25.2 Å². The maximum absolute atomic E-state index is 3.77. The van der Waals surface area contributed by atoms with Crippen molar-refractivity contribution in [3.8, 4) is 0 Å². The van der Waals surface area contributed by atoms with Crippen LogP contribution in [0.25, 0.3) is 0 Å². The minimum absolute atomic E-state index is 0.758. The molecule has 0 spiro atoms. The van der Waals surface area contributed by atoms with Gasteiger partial charge in [0.2, 0.25) is 0 Å². The van der Waals surface area contributed by atoms with Crippen molar-refractivity contribution in [1.29, 1.82) is 0 Å². The van der Waals surface area contributed by atoms with Gasteiger partial charge in [0.1, 0.15) is 0 Å². The summed E-state index contributed by atoms with van der Waals surface area (Å²) in [4.78, 5) is 0. The lowest BCUT2D eigenvalue weighted by Crippen LogP contribution is -2.44. The summed E-state index contributed by atoms with van der Waals surface area (Å²) in [6.45, 7) is 2.39. The molecule has 2 N–H and O–H groups in total. The zero-order chi connectivity index (χ0) is 8.93. The van der Waals surface area contributed by atoms with Crippen molar-refractivity contribution in [2.45, 2.75) is 44.2 Å². The highest BCUT2D eigenvalue weighted by Gasteiger charge is 2.17. The Morgan fingerprint density at radius 1 is 1.00 bits per heavy atom. The minimum atomic E-state index is 0.758. The van der Waals surface area contributed by atoms with E-state index in [-0.39, 0.29) is 0 Å². The first-order valence-electron chi connectivity index (χ1n) is 5.57. The summed E-state index contributed by atoms with van der Waals surface area (Å²) >= 11 is 0. The third-order valence-corrected chi connectivity index (χ3v) is 3.08. The van der Waals surface area contributed by atoms with Crippen molar-refractivity contribution in [3.63, 3.8) is 0 Å². The topological polar surface area (TPSA) is 24.1 Å². The predicted octanol–water partition coefficient (Wildman–Crippen LogP) is 1.44. The average molecular weight is 180 g/mol. The summed E-state index contributed by atoms with van der Waals surface area (Å²) in [5, 5.41) is 7.16. The molecule has 2 nitrogen and oxygen atoms in total. The highest BCUT2D eigenvalue weighted by atomic mass is 15.0. The van der Waals surface area contributed by atoms with Crippen LogP contribution in [-0.2, 0) is 0 Å². The molecule has 2 aliphatic rings. The molecule has 0 radical (unpaired) electrons. The lowest BCUT2D eigenvalue weighted by Gasteiger charge is -2.29. The van der Waals surface area contributed by atoms with Crippen LogP contribution in [0.15, 0.2) is 12.2 Å². The molecule has 1 unspecified atom stereocenters. The van der Waals surface area contributed by atoms with Crippen LogP contribution in [0.2, 0.25) is 0 Å². The van der Waals surface area contributed by atoms with Gasteiger partial charge in [0.15, 0.2) is 0 Å². The first kappa shape index (κ1) is 9.22. The van der Waals surface area contributed by atoms with E-state index < -0.39 is 0 Å². The number of rotatable bonds is 2. The van der Waals surface area contributed by atoms with E-state index in [9.17, 15) is 0 Å². The van der Waals surface area contributed by atoms with Crippen LogP contribution < -0.4 is 10.6 Å². The van der Waals surface area contributed by atoms with Crippen LogP contribution >= 0.6 is 0 Å². The highest BCUT2D eigenvalue weighted by molar-refractivity contribution is 4.94. The average Bonchev–Trinajstić information content (AvgIpc) is 2.21. The fourth-order valence-corrected chi connectivity index (χ4v) is 2.27. The quantitative estimate of drug-likeness (QED) is 0.628. The molecule has 1 aliphatic heterocycles. The lowest BCUT2D eigenvalue weighted by atomic mass is 9.98. The Bertz CT molecular complexity index is 171. The van der Waals surface area contributed by atoms with E-state index in [0.29, 0.717) is 0 Å². The second-order valence-electron chi connectivity index (χ2n) is 4.17. The second kappa shape index (κ2) is 4.77. The largest absolute Gasteiger partial charge is 0.317 e. The van der Waals surface area contributed by atoms with Crippen molar-refractivity contribution in [1.82, 2.24) is 10.6 Å². The Balaban J connectivity index is 1.72. The SMILES string of the molecule is C1=CCC(NC2CCNCC2)CC1. The number of allylic oxidation sites excluding steroid dienone is 1. The molecule has 0 bridgehead atoms. The standard InChI is InChI=1S/C11H20N2/c1-2-4-10(5-3-1)13-11-6-8-12-9-7-11/h1-2,10-13H,3-9H2. The van der Waals surface area contributed by atoms with E-state index in [2.05, 4.69) is 22.8 Å². The van der Waals surface area contributed by atoms with Crippen molar-refractivity contribution in [3.05, 3.63) is 12.2 Å². The monoisotopic (exact) mass is 180 g/mol. The number of hydrogen-bond donors (Lipinski definition) is 2. The van der Waals surface area contributed by atoms with Crippen molar-refractivity contribution < 1.29 is 0 Å². The van der Waals surface area contributed by atoms with E-state index in [1.807, 2.05) is 0 Å². The second-order valence-corrected chi connectivity index (χ2v) is 4.17. The van der Waals surface area contributed by atoms with Gasteiger partial charge in [0, 0.05) is 12.1 Å². The maximum atomic E-state index is 3.77. The molecule has 1 aliphatic carbocycles. The molecule has 2 rings (SSSR count). The van der Waals surface area contributed by atoms with E-state index >= 15 is 0 Å². The molecule has 0 saturated carbocycles. The van der Waals surface area contributed by atoms with Crippen LogP contribution in [0.3, 0.4) is 0 Å². The van der Waals surface area contributed by atoms with Crippen LogP contribution in [0.4, 0.5) is 0 Å². The highest BCUT2D eigenvalue weighted by Crippen LogP contribution is 2.13. The van der Waals surface area contributed by atoms with Gasteiger partial charge < -0.3 is 10.6 Å². The van der Waals surface area contributed by atoms with Gasteiger partial charge in [0.05, 0.1) is 0 Å². The molecule has 1 fully saturated rings. The van der Waals surface area contributed by atoms with E-state index in [4.69, 9.17) is 0 Å². The number of hydrogen-bond acceptors (Lipinski definition) is 2. The third kappa shape index (κ3) is 2.82. The summed E-state index contributed by atoms with van der Waals surface area (Å²) in [6, 6.07) is 1.53. The summed E-state index contributed by atoms with van der Waals surface area (Å²) < 4.78 is 0. The van der Waals surface area contributed by atoms with Gasteiger partial charge in [0.25, 0.3) is 0 Å². The fraction of sp³-hybridized carbons (Fsp3) is 0.818. The number of piperidine rings is 1. The molecular weight excluding hydrogens is 160 g/mol. The summed E-state index contributed by atoms with van der Waals surface area (Å²) in [6.07, 6.45) is 11.1. The molecule has 2 heteroatoms. The summed E-state index contributed by atoms with van der Waals surface area (Å²) in [7, 11) is 0. The van der Waals surface area contributed by atoms with Gasteiger partial charge in [-0.2, -0.15) is 0 Å². The fourth-order valence-electron chi connectivity index (χ4n) is 2.27. The molecule has 74 valence electrons. The molecule has 1 atom stereocenters. The van der Waals surface area contributed by atoms with Gasteiger partial charge in [-0.15, -0.1) is 0 Å². The van der Waals surface area contributed by atoms with Gasteiger partial charge in [-0.3, -0.25) is 0 Å². The molecule has 0 aromatic heterocycles. The lowest BCUT2D eigenvalue weighted by molar-refractivity contribution is 0.335. The predicted molar refractivity (Wildman–Crippen MR) is 55.8 cm³/mol. The zero-order valence-electron chi connectivity index (χ0n) is 8.26. The molecule has 0 aromatic rings. The van der Waals surface area contributed by atoms with Crippen LogP contribution in [0, 0.1) is 0 Å². The van der Waals surface area contributed by atoms with E-state index in [0.717, 1.165) is 12.1 Å². The summed E-state index contributed by atoms with van der Waals surface area (Å²) in [5.41, 5.74) is 0. The normalized spacial score (nSPS) is 30.6. The smallest absolute Gasteiger partial charge is 0.0107 e. The van der Waals surface area contributed by atoms with Gasteiger partial charge in [-0.25, -0.2) is 0 Å². The minimum Gasteiger partial charge on any atom is -0.317 e. The Labute approximate surface area is 80.8 Å². The van der Waals surface area contributed by atoms with Gasteiger partial charge >= 0.3 is 0 Å². The van der Waals surface area contributed by atoms with E-state index in [1.165, 1.54) is 45.2 Å². The van der Waals surface area contributed by atoms with Gasteiger partial charge in [-0.1, -0.05) is 12.2 Å². The third-order valence-electron chi connectivity index (χ3n) is 3.08. The van der Waals surface area contributed by atoms with Crippen molar-refractivity contribution >= 4 is 0 Å². The zero-order valence-corrected chi connectivity index (χ0v) is 8.26. The van der Waals surface area contributed by atoms with E-state index in [1.54, 1.807) is 0 Å². The van der Waals surface area contributed by atoms with Gasteiger partial charge in [-0.05, 0) is 45.2 Å². The molecule has 1 saturated heterocycles.